The third-order valence-corrected chi connectivity index (χ3v) is 7.82. The van der Waals surface area contributed by atoms with Gasteiger partial charge in [-0.25, -0.2) is 4.39 Å². The van der Waals surface area contributed by atoms with Crippen LogP contribution in [0.25, 0.3) is 0 Å². The Morgan fingerprint density at radius 1 is 1.05 bits per heavy atom. The SMILES string of the molecule is CCOC(=O)CCCCOc1c(N2CCOCC2)cc(C(=O)CN2Cc3cc(OC)c(OC)c(F)c3C2=N)cc1C(C)(C)C. The molecule has 1 fully saturated rings. The van der Waals surface area contributed by atoms with Crippen LogP contribution in [0.4, 0.5) is 10.1 Å². The number of ketones is 1. The van der Waals surface area contributed by atoms with Crippen LogP contribution < -0.4 is 19.1 Å². The molecule has 1 saturated heterocycles. The van der Waals surface area contributed by atoms with E-state index in [1.807, 2.05) is 12.1 Å². The van der Waals surface area contributed by atoms with Crippen LogP contribution in [-0.2, 0) is 26.2 Å². The van der Waals surface area contributed by atoms with Gasteiger partial charge in [0.1, 0.15) is 11.6 Å². The highest BCUT2D eigenvalue weighted by atomic mass is 19.1. The van der Waals surface area contributed by atoms with Gasteiger partial charge < -0.3 is 33.5 Å². The molecule has 4 rings (SSSR count). The van der Waals surface area contributed by atoms with Gasteiger partial charge in [0.05, 0.1) is 58.4 Å². The lowest BCUT2D eigenvalue weighted by Crippen LogP contribution is -2.37. The van der Waals surface area contributed by atoms with E-state index in [-0.39, 0.29) is 53.2 Å². The van der Waals surface area contributed by atoms with Gasteiger partial charge in [-0.2, -0.15) is 0 Å². The zero-order valence-electron chi connectivity index (χ0n) is 26.6. The Labute approximate surface area is 258 Å². The number of carbonyl (C=O) groups is 2. The number of ether oxygens (including phenoxy) is 5. The summed E-state index contributed by atoms with van der Waals surface area (Å²) < 4.78 is 42.8. The fourth-order valence-corrected chi connectivity index (χ4v) is 5.52. The van der Waals surface area contributed by atoms with Gasteiger partial charge in [0.2, 0.25) is 0 Å². The van der Waals surface area contributed by atoms with E-state index in [1.165, 1.54) is 14.2 Å². The van der Waals surface area contributed by atoms with Gasteiger partial charge in [-0.1, -0.05) is 20.8 Å². The molecule has 2 aliphatic rings. The van der Waals surface area contributed by atoms with Gasteiger partial charge in [-0.3, -0.25) is 15.0 Å². The van der Waals surface area contributed by atoms with Crippen LogP contribution in [0.15, 0.2) is 18.2 Å². The first-order chi connectivity index (χ1) is 21.0. The molecule has 0 unspecified atom stereocenters. The van der Waals surface area contributed by atoms with Crippen LogP contribution in [0, 0.1) is 11.2 Å². The van der Waals surface area contributed by atoms with E-state index in [0.717, 1.165) is 17.0 Å². The molecule has 2 aromatic carbocycles. The number of hydrogen-bond donors (Lipinski definition) is 1. The zero-order valence-corrected chi connectivity index (χ0v) is 26.6. The quantitative estimate of drug-likeness (QED) is 0.187. The molecule has 10 nitrogen and oxygen atoms in total. The van der Waals surface area contributed by atoms with E-state index < -0.39 is 5.82 Å². The van der Waals surface area contributed by atoms with Crippen LogP contribution in [0.3, 0.4) is 0 Å². The third-order valence-electron chi connectivity index (χ3n) is 7.82. The molecular formula is C33H44FN3O7. The van der Waals surface area contributed by atoms with Crippen molar-refractivity contribution >= 4 is 23.3 Å². The van der Waals surface area contributed by atoms with Gasteiger partial charge in [0, 0.05) is 37.2 Å². The van der Waals surface area contributed by atoms with Gasteiger partial charge in [0.15, 0.2) is 23.1 Å². The molecule has 0 aliphatic carbocycles. The van der Waals surface area contributed by atoms with Crippen molar-refractivity contribution in [1.82, 2.24) is 4.90 Å². The van der Waals surface area contributed by atoms with Crippen LogP contribution in [-0.4, -0.2) is 82.8 Å². The highest BCUT2D eigenvalue weighted by Crippen LogP contribution is 2.42. The maximum absolute atomic E-state index is 15.3. The van der Waals surface area contributed by atoms with E-state index in [1.54, 1.807) is 17.9 Å². The second-order valence-electron chi connectivity index (χ2n) is 11.9. The fourth-order valence-electron chi connectivity index (χ4n) is 5.52. The van der Waals surface area contributed by atoms with E-state index in [2.05, 4.69) is 25.7 Å². The number of Topliss-reactive ketones (excluding diaryl/α,β-unsaturated/α-hetero) is 1. The Morgan fingerprint density at radius 3 is 2.41 bits per heavy atom. The average Bonchev–Trinajstić information content (AvgIpc) is 3.31. The number of esters is 1. The second kappa shape index (κ2) is 14.3. The summed E-state index contributed by atoms with van der Waals surface area (Å²) in [5, 5.41) is 8.69. The van der Waals surface area contributed by atoms with Crippen LogP contribution >= 0.6 is 0 Å². The van der Waals surface area contributed by atoms with Crippen molar-refractivity contribution in [2.45, 2.75) is 58.9 Å². The van der Waals surface area contributed by atoms with Gasteiger partial charge in [-0.15, -0.1) is 0 Å². The number of nitrogens with one attached hydrogen (secondary N) is 1. The zero-order chi connectivity index (χ0) is 32.0. The number of amidine groups is 1. The van der Waals surface area contributed by atoms with Crippen molar-refractivity contribution in [3.05, 3.63) is 46.3 Å². The Hall–Kier alpha value is -3.86. The van der Waals surface area contributed by atoms with Crippen molar-refractivity contribution in [2.24, 2.45) is 0 Å². The molecule has 0 spiro atoms. The fraction of sp³-hybridized carbons (Fsp3) is 0.545. The summed E-state index contributed by atoms with van der Waals surface area (Å²) in [7, 11) is 2.78. The predicted octanol–water partition coefficient (Wildman–Crippen LogP) is 5.11. The van der Waals surface area contributed by atoms with Crippen LogP contribution in [0.1, 0.15) is 74.0 Å². The standard InChI is InChI=1S/C33H44FN3O7/c1-7-43-27(39)10-8-9-13-44-30-23(33(2,3)4)16-21(17-24(30)36-11-14-42-15-12-36)25(38)20-37-19-22-18-26(40-5)31(41-6)29(34)28(22)32(37)35/h16-18,35H,7-15,19-20H2,1-6H3. The summed E-state index contributed by atoms with van der Waals surface area (Å²) in [6.45, 7) is 11.3. The van der Waals surface area contributed by atoms with E-state index in [4.69, 9.17) is 29.1 Å². The molecule has 2 aromatic rings. The van der Waals surface area contributed by atoms with Crippen LogP contribution in [0.2, 0.25) is 0 Å². The topological polar surface area (TPSA) is 111 Å². The first kappa shape index (κ1) is 33.0. The average molecular weight is 614 g/mol. The smallest absolute Gasteiger partial charge is 0.305 e. The molecular weight excluding hydrogens is 569 g/mol. The summed E-state index contributed by atoms with van der Waals surface area (Å²) in [4.78, 5) is 29.3. The molecule has 0 saturated carbocycles. The number of rotatable bonds is 13. The molecule has 0 bridgehead atoms. The molecule has 0 atom stereocenters. The Bertz CT molecular complexity index is 1380. The summed E-state index contributed by atoms with van der Waals surface area (Å²) in [6.07, 6.45) is 1.66. The summed E-state index contributed by atoms with van der Waals surface area (Å²) >= 11 is 0. The maximum atomic E-state index is 15.3. The van der Waals surface area contributed by atoms with E-state index in [9.17, 15) is 9.59 Å². The van der Waals surface area contributed by atoms with Crippen molar-refractivity contribution in [1.29, 1.82) is 5.41 Å². The number of methoxy groups -OCH3 is 2. The third kappa shape index (κ3) is 7.26. The molecule has 2 heterocycles. The van der Waals surface area contributed by atoms with Crippen molar-refractivity contribution in [3.63, 3.8) is 0 Å². The number of hydrogen-bond acceptors (Lipinski definition) is 9. The van der Waals surface area contributed by atoms with E-state index >= 15 is 4.39 Å². The summed E-state index contributed by atoms with van der Waals surface area (Å²) in [5.74, 6) is -0.251. The van der Waals surface area contributed by atoms with Crippen molar-refractivity contribution in [2.75, 3.05) is 65.2 Å². The number of benzene rings is 2. The van der Waals surface area contributed by atoms with E-state index in [0.29, 0.717) is 69.9 Å². The lowest BCUT2D eigenvalue weighted by Gasteiger charge is -2.34. The summed E-state index contributed by atoms with van der Waals surface area (Å²) in [6, 6.07) is 5.39. The molecule has 0 aromatic heterocycles. The normalized spacial score (nSPS) is 14.8. The lowest BCUT2D eigenvalue weighted by molar-refractivity contribution is -0.143. The molecule has 240 valence electrons. The molecule has 1 N–H and O–H groups in total. The Kier molecular flexibility index (Phi) is 10.7. The Balaban J connectivity index is 1.61. The predicted molar refractivity (Wildman–Crippen MR) is 165 cm³/mol. The lowest BCUT2D eigenvalue weighted by atomic mass is 9.84. The van der Waals surface area contributed by atoms with Gasteiger partial charge in [0.25, 0.3) is 0 Å². The number of morpholine rings is 1. The largest absolute Gasteiger partial charge is 0.493 e. The second-order valence-corrected chi connectivity index (χ2v) is 11.9. The molecule has 2 aliphatic heterocycles. The first-order valence-electron chi connectivity index (χ1n) is 15.1. The maximum Gasteiger partial charge on any atom is 0.305 e. The highest BCUT2D eigenvalue weighted by Gasteiger charge is 2.34. The monoisotopic (exact) mass is 613 g/mol. The molecule has 44 heavy (non-hydrogen) atoms. The van der Waals surface area contributed by atoms with Crippen molar-refractivity contribution in [3.8, 4) is 17.2 Å². The molecule has 0 radical (unpaired) electrons. The minimum Gasteiger partial charge on any atom is -0.493 e. The minimum absolute atomic E-state index is 0.0642. The number of fused-ring (bicyclic) bond motifs is 1. The number of anilines is 1. The molecule has 11 heteroatoms. The first-order valence-corrected chi connectivity index (χ1v) is 15.1. The van der Waals surface area contributed by atoms with Crippen LogP contribution in [0.5, 0.6) is 17.2 Å². The summed E-state index contributed by atoms with van der Waals surface area (Å²) in [5.41, 5.74) is 2.51. The number of carbonyl (C=O) groups excluding carboxylic acids is 2. The number of unbranched alkanes of at least 4 members (excludes halogenated alkanes) is 1. The highest BCUT2D eigenvalue weighted by molar-refractivity contribution is 6.06. The molecule has 0 amide bonds. The van der Waals surface area contributed by atoms with Crippen molar-refractivity contribution < 1.29 is 37.7 Å². The number of halogens is 1. The minimum atomic E-state index is -0.671. The Morgan fingerprint density at radius 2 is 1.77 bits per heavy atom. The van der Waals surface area contributed by atoms with Gasteiger partial charge >= 0.3 is 5.97 Å². The van der Waals surface area contributed by atoms with Gasteiger partial charge in [-0.05, 0) is 48.9 Å². The number of nitrogens with zero attached hydrogens (tertiary/aromatic N) is 2.